The first kappa shape index (κ1) is 18.5. The topological polar surface area (TPSA) is 70.2 Å². The maximum Gasteiger partial charge on any atom is 0.243 e. The third-order valence-electron chi connectivity index (χ3n) is 3.73. The zero-order valence-corrected chi connectivity index (χ0v) is 15.0. The third-order valence-corrected chi connectivity index (χ3v) is 3.73. The van der Waals surface area contributed by atoms with Gasteiger partial charge in [-0.2, -0.15) is 0 Å². The van der Waals surface area contributed by atoms with Crippen molar-refractivity contribution in [1.82, 2.24) is 0 Å². The van der Waals surface area contributed by atoms with Crippen LogP contribution in [0, 0.1) is 13.8 Å². The molecule has 0 aliphatic heterocycles. The summed E-state index contributed by atoms with van der Waals surface area (Å²) in [6.45, 7) is 6.18. The number of hydrogen-bond acceptors (Lipinski definition) is 3. The van der Waals surface area contributed by atoms with Crippen LogP contribution in [0.3, 0.4) is 0 Å². The van der Waals surface area contributed by atoms with Crippen molar-refractivity contribution in [3.8, 4) is 0 Å². The summed E-state index contributed by atoms with van der Waals surface area (Å²) in [5, 5.41) is 8.80. The molecule has 2 amide bonds. The minimum Gasteiger partial charge on any atom is -0.376 e. The van der Waals surface area contributed by atoms with Crippen LogP contribution in [0.15, 0.2) is 42.5 Å². The third kappa shape index (κ3) is 5.95. The summed E-state index contributed by atoms with van der Waals surface area (Å²) in [5.74, 6) is -0.167. The standard InChI is InChI=1S/C20H25N3O2/c1-4-6-19(24)22-16-7-5-8-17(12-16)23-20(25)13-21-18-10-9-14(2)11-15(18)3/h5,7-12,21H,4,6,13H2,1-3H3,(H,22,24)(H,23,25). The molecule has 0 atom stereocenters. The molecule has 5 heteroatoms. The number of anilines is 3. The van der Waals surface area contributed by atoms with Gasteiger partial charge in [-0.15, -0.1) is 0 Å². The molecule has 0 radical (unpaired) electrons. The van der Waals surface area contributed by atoms with Gasteiger partial charge in [0, 0.05) is 23.5 Å². The minimum atomic E-state index is -0.142. The normalized spacial score (nSPS) is 10.2. The summed E-state index contributed by atoms with van der Waals surface area (Å²) in [6, 6.07) is 13.2. The van der Waals surface area contributed by atoms with E-state index >= 15 is 0 Å². The van der Waals surface area contributed by atoms with Crippen molar-refractivity contribution in [2.75, 3.05) is 22.5 Å². The van der Waals surface area contributed by atoms with Gasteiger partial charge in [0.2, 0.25) is 11.8 Å². The quantitative estimate of drug-likeness (QED) is 0.711. The molecular formula is C20H25N3O2. The number of benzene rings is 2. The Morgan fingerprint density at radius 1 is 0.920 bits per heavy atom. The summed E-state index contributed by atoms with van der Waals surface area (Å²) >= 11 is 0. The Balaban J connectivity index is 1.90. The lowest BCUT2D eigenvalue weighted by Gasteiger charge is -2.11. The fourth-order valence-corrected chi connectivity index (χ4v) is 2.52. The summed E-state index contributed by atoms with van der Waals surface area (Å²) in [5.41, 5.74) is 4.57. The van der Waals surface area contributed by atoms with Crippen molar-refractivity contribution in [3.63, 3.8) is 0 Å². The van der Waals surface area contributed by atoms with Crippen molar-refractivity contribution >= 4 is 28.9 Å². The molecule has 2 aromatic rings. The van der Waals surface area contributed by atoms with Gasteiger partial charge < -0.3 is 16.0 Å². The fraction of sp³-hybridized carbons (Fsp3) is 0.300. The summed E-state index contributed by atoms with van der Waals surface area (Å²) in [7, 11) is 0. The van der Waals surface area contributed by atoms with Crippen molar-refractivity contribution < 1.29 is 9.59 Å². The highest BCUT2D eigenvalue weighted by atomic mass is 16.2. The lowest BCUT2D eigenvalue weighted by atomic mass is 10.1. The first-order chi connectivity index (χ1) is 12.0. The molecule has 132 valence electrons. The van der Waals surface area contributed by atoms with E-state index in [1.807, 2.05) is 32.9 Å². The lowest BCUT2D eigenvalue weighted by Crippen LogP contribution is -2.22. The molecule has 0 aromatic heterocycles. The van der Waals surface area contributed by atoms with Gasteiger partial charge in [-0.1, -0.05) is 30.7 Å². The van der Waals surface area contributed by atoms with Crippen LogP contribution in [-0.4, -0.2) is 18.4 Å². The Morgan fingerprint density at radius 3 is 2.24 bits per heavy atom. The van der Waals surface area contributed by atoms with Crippen molar-refractivity contribution in [1.29, 1.82) is 0 Å². The van der Waals surface area contributed by atoms with Crippen LogP contribution in [0.5, 0.6) is 0 Å². The van der Waals surface area contributed by atoms with E-state index in [4.69, 9.17) is 0 Å². The van der Waals surface area contributed by atoms with Crippen LogP contribution in [0.4, 0.5) is 17.1 Å². The summed E-state index contributed by atoms with van der Waals surface area (Å²) < 4.78 is 0. The molecule has 0 heterocycles. The van der Waals surface area contributed by atoms with Gasteiger partial charge in [0.1, 0.15) is 0 Å². The summed E-state index contributed by atoms with van der Waals surface area (Å²) in [6.07, 6.45) is 1.28. The van der Waals surface area contributed by atoms with Gasteiger partial charge in [0.25, 0.3) is 0 Å². The average Bonchev–Trinajstić information content (AvgIpc) is 2.54. The van der Waals surface area contributed by atoms with Crippen LogP contribution in [-0.2, 0) is 9.59 Å². The van der Waals surface area contributed by atoms with E-state index in [-0.39, 0.29) is 18.4 Å². The molecule has 0 bridgehead atoms. The largest absolute Gasteiger partial charge is 0.376 e. The highest BCUT2D eigenvalue weighted by molar-refractivity contribution is 5.95. The molecule has 0 spiro atoms. The van der Waals surface area contributed by atoms with Crippen molar-refractivity contribution in [2.24, 2.45) is 0 Å². The van der Waals surface area contributed by atoms with E-state index in [9.17, 15) is 9.59 Å². The maximum absolute atomic E-state index is 12.1. The van der Waals surface area contributed by atoms with Gasteiger partial charge in [0.05, 0.1) is 6.54 Å². The van der Waals surface area contributed by atoms with Gasteiger partial charge in [-0.3, -0.25) is 9.59 Å². The molecule has 2 aromatic carbocycles. The lowest BCUT2D eigenvalue weighted by molar-refractivity contribution is -0.116. The van der Waals surface area contributed by atoms with Gasteiger partial charge in [-0.25, -0.2) is 0 Å². The van der Waals surface area contributed by atoms with E-state index in [1.54, 1.807) is 24.3 Å². The van der Waals surface area contributed by atoms with Gasteiger partial charge >= 0.3 is 0 Å². The SMILES string of the molecule is CCCC(=O)Nc1cccc(NC(=O)CNc2ccc(C)cc2C)c1. The molecule has 25 heavy (non-hydrogen) atoms. The first-order valence-electron chi connectivity index (χ1n) is 8.49. The van der Waals surface area contributed by atoms with Crippen LogP contribution in [0.1, 0.15) is 30.9 Å². The number of aryl methyl sites for hydroxylation is 2. The molecule has 0 saturated heterocycles. The first-order valence-corrected chi connectivity index (χ1v) is 8.49. The second-order valence-electron chi connectivity index (χ2n) is 6.10. The Hall–Kier alpha value is -2.82. The molecular weight excluding hydrogens is 314 g/mol. The second-order valence-corrected chi connectivity index (χ2v) is 6.10. The Morgan fingerprint density at radius 2 is 1.60 bits per heavy atom. The number of amides is 2. The van der Waals surface area contributed by atoms with Crippen molar-refractivity contribution in [2.45, 2.75) is 33.6 Å². The number of carbonyl (C=O) groups is 2. The molecule has 0 aliphatic carbocycles. The Kier molecular flexibility index (Phi) is 6.57. The zero-order chi connectivity index (χ0) is 18.2. The number of hydrogen-bond donors (Lipinski definition) is 3. The molecule has 0 fully saturated rings. The highest BCUT2D eigenvalue weighted by Gasteiger charge is 2.06. The molecule has 0 saturated carbocycles. The molecule has 0 aliphatic rings. The average molecular weight is 339 g/mol. The van der Waals surface area contributed by atoms with E-state index in [2.05, 4.69) is 22.0 Å². The highest BCUT2D eigenvalue weighted by Crippen LogP contribution is 2.17. The zero-order valence-electron chi connectivity index (χ0n) is 15.0. The van der Waals surface area contributed by atoms with Crippen LogP contribution in [0.25, 0.3) is 0 Å². The molecule has 0 unspecified atom stereocenters. The smallest absolute Gasteiger partial charge is 0.243 e. The summed E-state index contributed by atoms with van der Waals surface area (Å²) in [4.78, 5) is 23.8. The number of nitrogens with one attached hydrogen (secondary N) is 3. The van der Waals surface area contributed by atoms with Gasteiger partial charge in [0.15, 0.2) is 0 Å². The minimum absolute atomic E-state index is 0.0255. The molecule has 3 N–H and O–H groups in total. The van der Waals surface area contributed by atoms with Crippen LogP contribution in [0.2, 0.25) is 0 Å². The van der Waals surface area contributed by atoms with Crippen molar-refractivity contribution in [3.05, 3.63) is 53.6 Å². The second kappa shape index (κ2) is 8.87. The fourth-order valence-electron chi connectivity index (χ4n) is 2.52. The predicted octanol–water partition coefficient (Wildman–Crippen LogP) is 4.09. The van der Waals surface area contributed by atoms with Crippen LogP contribution < -0.4 is 16.0 Å². The van der Waals surface area contributed by atoms with Gasteiger partial charge in [-0.05, 0) is 50.1 Å². The maximum atomic E-state index is 12.1. The van der Waals surface area contributed by atoms with E-state index in [0.29, 0.717) is 17.8 Å². The van der Waals surface area contributed by atoms with Crippen LogP contribution >= 0.6 is 0 Å². The van der Waals surface area contributed by atoms with E-state index < -0.39 is 0 Å². The predicted molar refractivity (Wildman–Crippen MR) is 103 cm³/mol. The van der Waals surface area contributed by atoms with E-state index in [0.717, 1.165) is 17.7 Å². The van der Waals surface area contributed by atoms with E-state index in [1.165, 1.54) is 5.56 Å². The Labute approximate surface area is 148 Å². The monoisotopic (exact) mass is 339 g/mol. The molecule has 5 nitrogen and oxygen atoms in total. The number of carbonyl (C=O) groups excluding carboxylic acids is 2. The number of rotatable bonds is 7. The Bertz CT molecular complexity index is 756. The molecule has 2 rings (SSSR count).